The van der Waals surface area contributed by atoms with Crippen LogP contribution in [0.2, 0.25) is 0 Å². The summed E-state index contributed by atoms with van der Waals surface area (Å²) in [6, 6.07) is 13.8. The maximum Gasteiger partial charge on any atom is 0.336 e. The van der Waals surface area contributed by atoms with Gasteiger partial charge < -0.3 is 19.5 Å². The van der Waals surface area contributed by atoms with E-state index in [1.807, 2.05) is 70.2 Å². The van der Waals surface area contributed by atoms with Crippen molar-refractivity contribution in [3.8, 4) is 11.5 Å². The molecule has 6 nitrogen and oxygen atoms in total. The first-order chi connectivity index (χ1) is 17.2. The van der Waals surface area contributed by atoms with Crippen LogP contribution in [0.1, 0.15) is 62.1 Å². The molecule has 0 amide bonds. The third-order valence-electron chi connectivity index (χ3n) is 6.97. The smallest absolute Gasteiger partial charge is 0.336 e. The van der Waals surface area contributed by atoms with Gasteiger partial charge >= 0.3 is 5.97 Å². The summed E-state index contributed by atoms with van der Waals surface area (Å²) in [7, 11) is 3.22. The van der Waals surface area contributed by atoms with Gasteiger partial charge in [0.2, 0.25) is 0 Å². The van der Waals surface area contributed by atoms with Crippen LogP contribution < -0.4 is 14.8 Å². The van der Waals surface area contributed by atoms with E-state index in [2.05, 4.69) is 5.32 Å². The van der Waals surface area contributed by atoms with Gasteiger partial charge in [-0.2, -0.15) is 0 Å². The summed E-state index contributed by atoms with van der Waals surface area (Å²) in [4.78, 5) is 27.1. The van der Waals surface area contributed by atoms with Gasteiger partial charge in [0.15, 0.2) is 17.3 Å². The monoisotopic (exact) mass is 489 g/mol. The molecular weight excluding hydrogens is 454 g/mol. The molecule has 1 aliphatic heterocycles. The highest BCUT2D eigenvalue weighted by Crippen LogP contribution is 2.47. The number of carbonyl (C=O) groups excluding carboxylic acids is 2. The highest BCUT2D eigenvalue weighted by Gasteiger charge is 2.42. The molecule has 0 unspecified atom stereocenters. The SMILES string of the molecule is COc1ccc([C@H]2CC(=O)C3=C(C2)NC(C)=C(C(=O)OCC(C)C)[C@@H]3c2ccccc2C)cc1OC. The number of benzene rings is 2. The first-order valence-electron chi connectivity index (χ1n) is 12.4. The predicted molar refractivity (Wildman–Crippen MR) is 139 cm³/mol. The topological polar surface area (TPSA) is 73.9 Å². The molecular formula is C30H35NO5. The summed E-state index contributed by atoms with van der Waals surface area (Å²) in [6.07, 6.45) is 1.01. The van der Waals surface area contributed by atoms with Crippen molar-refractivity contribution in [3.05, 3.63) is 81.7 Å². The standard InChI is InChI=1S/C30H35NO5/c1-17(2)16-36-30(33)27-19(4)31-23-13-21(20-11-12-25(34-5)26(15-20)35-6)14-24(32)29(23)28(27)22-10-8-7-9-18(22)3/h7-12,15,17,21,28,31H,13-14,16H2,1-6H3/t21-,28+/m1/s1. The average Bonchev–Trinajstić information content (AvgIpc) is 2.86. The number of methoxy groups -OCH3 is 2. The van der Waals surface area contributed by atoms with E-state index in [0.717, 1.165) is 28.1 Å². The van der Waals surface area contributed by atoms with E-state index in [1.54, 1.807) is 14.2 Å². The summed E-state index contributed by atoms with van der Waals surface area (Å²) in [5.74, 6) is 0.715. The number of Topliss-reactive ketones (excluding diaryl/α,β-unsaturated/α-hetero) is 1. The largest absolute Gasteiger partial charge is 0.493 e. The van der Waals surface area contributed by atoms with Gasteiger partial charge in [-0.1, -0.05) is 44.2 Å². The zero-order valence-electron chi connectivity index (χ0n) is 21.9. The Hall–Kier alpha value is -3.54. The summed E-state index contributed by atoms with van der Waals surface area (Å²) in [5.41, 5.74) is 5.80. The minimum Gasteiger partial charge on any atom is -0.493 e. The highest BCUT2D eigenvalue weighted by molar-refractivity contribution is 6.04. The Morgan fingerprint density at radius 1 is 1.03 bits per heavy atom. The molecule has 6 heteroatoms. The van der Waals surface area contributed by atoms with E-state index in [1.165, 1.54) is 0 Å². The van der Waals surface area contributed by atoms with Crippen molar-refractivity contribution in [2.24, 2.45) is 5.92 Å². The molecule has 0 bridgehead atoms. The number of rotatable bonds is 7. The molecule has 36 heavy (non-hydrogen) atoms. The lowest BCUT2D eigenvalue weighted by Crippen LogP contribution is -2.36. The van der Waals surface area contributed by atoms with E-state index < -0.39 is 5.92 Å². The number of hydrogen-bond acceptors (Lipinski definition) is 6. The van der Waals surface area contributed by atoms with E-state index >= 15 is 0 Å². The number of aryl methyl sites for hydroxylation is 1. The molecule has 1 aliphatic carbocycles. The Bertz CT molecular complexity index is 1240. The van der Waals surface area contributed by atoms with E-state index in [0.29, 0.717) is 42.1 Å². The van der Waals surface area contributed by atoms with Gasteiger partial charge in [0.05, 0.1) is 26.4 Å². The first-order valence-corrected chi connectivity index (χ1v) is 12.4. The van der Waals surface area contributed by atoms with E-state index in [4.69, 9.17) is 14.2 Å². The van der Waals surface area contributed by atoms with Gasteiger partial charge in [-0.3, -0.25) is 4.79 Å². The third kappa shape index (κ3) is 4.90. The van der Waals surface area contributed by atoms with Gasteiger partial charge in [-0.25, -0.2) is 4.79 Å². The molecule has 2 aromatic carbocycles. The molecule has 0 aromatic heterocycles. The second-order valence-corrected chi connectivity index (χ2v) is 9.98. The van der Waals surface area contributed by atoms with Crippen molar-refractivity contribution in [1.29, 1.82) is 0 Å². The van der Waals surface area contributed by atoms with Crippen LogP contribution in [0.15, 0.2) is 65.0 Å². The zero-order chi connectivity index (χ0) is 26.0. The van der Waals surface area contributed by atoms with Crippen LogP contribution in [0.4, 0.5) is 0 Å². The predicted octanol–water partition coefficient (Wildman–Crippen LogP) is 5.57. The number of allylic oxidation sites excluding steroid dienone is 3. The van der Waals surface area contributed by atoms with Crippen LogP contribution >= 0.6 is 0 Å². The number of nitrogens with one attached hydrogen (secondary N) is 1. The fourth-order valence-corrected chi connectivity index (χ4v) is 5.19. The lowest BCUT2D eigenvalue weighted by atomic mass is 9.71. The Labute approximate surface area is 213 Å². The Morgan fingerprint density at radius 2 is 1.75 bits per heavy atom. The van der Waals surface area contributed by atoms with Crippen molar-refractivity contribution < 1.29 is 23.8 Å². The van der Waals surface area contributed by atoms with Gasteiger partial charge in [0.25, 0.3) is 0 Å². The average molecular weight is 490 g/mol. The fraction of sp³-hybridized carbons (Fsp3) is 0.400. The van der Waals surface area contributed by atoms with Crippen molar-refractivity contribution in [2.75, 3.05) is 20.8 Å². The molecule has 0 fully saturated rings. The number of ether oxygens (including phenoxy) is 3. The van der Waals surface area contributed by atoms with Crippen LogP contribution in [0, 0.1) is 12.8 Å². The van der Waals surface area contributed by atoms with E-state index in [-0.39, 0.29) is 23.6 Å². The molecule has 2 aliphatic rings. The molecule has 0 radical (unpaired) electrons. The van der Waals surface area contributed by atoms with Crippen molar-refractivity contribution in [1.82, 2.24) is 5.32 Å². The lowest BCUT2D eigenvalue weighted by molar-refractivity contribution is -0.140. The van der Waals surface area contributed by atoms with Crippen LogP contribution in [-0.4, -0.2) is 32.6 Å². The minimum atomic E-state index is -0.457. The number of esters is 1. The molecule has 2 aromatic rings. The second kappa shape index (κ2) is 10.6. The van der Waals surface area contributed by atoms with Crippen molar-refractivity contribution in [3.63, 3.8) is 0 Å². The molecule has 4 rings (SSSR count). The highest BCUT2D eigenvalue weighted by atomic mass is 16.5. The minimum absolute atomic E-state index is 0.0108. The van der Waals surface area contributed by atoms with Crippen LogP contribution in [-0.2, 0) is 14.3 Å². The summed E-state index contributed by atoms with van der Waals surface area (Å²) in [6.45, 7) is 8.25. The Kier molecular flexibility index (Phi) is 7.53. The second-order valence-electron chi connectivity index (χ2n) is 9.98. The van der Waals surface area contributed by atoms with E-state index in [9.17, 15) is 9.59 Å². The van der Waals surface area contributed by atoms with Gasteiger partial charge in [-0.15, -0.1) is 0 Å². The Morgan fingerprint density at radius 3 is 2.42 bits per heavy atom. The van der Waals surface area contributed by atoms with Crippen LogP contribution in [0.3, 0.4) is 0 Å². The fourth-order valence-electron chi connectivity index (χ4n) is 5.19. The quantitative estimate of drug-likeness (QED) is 0.513. The van der Waals surface area contributed by atoms with Crippen LogP contribution in [0.5, 0.6) is 11.5 Å². The van der Waals surface area contributed by atoms with Crippen molar-refractivity contribution >= 4 is 11.8 Å². The normalized spacial score (nSPS) is 19.7. The molecule has 0 saturated carbocycles. The molecule has 0 spiro atoms. The number of dihydropyridines is 1. The molecule has 0 saturated heterocycles. The van der Waals surface area contributed by atoms with Crippen molar-refractivity contribution in [2.45, 2.75) is 52.4 Å². The summed E-state index contributed by atoms with van der Waals surface area (Å²) in [5, 5.41) is 3.42. The zero-order valence-corrected chi connectivity index (χ0v) is 21.9. The lowest BCUT2D eigenvalue weighted by Gasteiger charge is -2.37. The third-order valence-corrected chi connectivity index (χ3v) is 6.97. The number of ketones is 1. The maximum atomic E-state index is 13.8. The maximum absolute atomic E-state index is 13.8. The molecule has 190 valence electrons. The Balaban J connectivity index is 1.76. The summed E-state index contributed by atoms with van der Waals surface area (Å²) < 4.78 is 16.5. The summed E-state index contributed by atoms with van der Waals surface area (Å²) >= 11 is 0. The van der Waals surface area contributed by atoms with Gasteiger partial charge in [0.1, 0.15) is 0 Å². The van der Waals surface area contributed by atoms with Gasteiger partial charge in [-0.05, 0) is 60.9 Å². The van der Waals surface area contributed by atoms with Crippen LogP contribution in [0.25, 0.3) is 0 Å². The molecule has 1 heterocycles. The first kappa shape index (κ1) is 25.5. The molecule has 1 N–H and O–H groups in total. The number of hydrogen-bond donors (Lipinski definition) is 1. The number of carbonyl (C=O) groups is 2. The molecule has 2 atom stereocenters. The van der Waals surface area contributed by atoms with Gasteiger partial charge in [0, 0.05) is 29.3 Å².